The van der Waals surface area contributed by atoms with E-state index in [2.05, 4.69) is 10.2 Å². The number of nitrogens with two attached hydrogens (primary N) is 1. The summed E-state index contributed by atoms with van der Waals surface area (Å²) >= 11 is 0. The lowest BCUT2D eigenvalue weighted by molar-refractivity contribution is -0.120. The fraction of sp³-hybridized carbons (Fsp3) is 0.923. The molecule has 0 spiro atoms. The van der Waals surface area contributed by atoms with Crippen LogP contribution in [0.1, 0.15) is 46.0 Å². The summed E-state index contributed by atoms with van der Waals surface area (Å²) < 4.78 is 0. The normalized spacial score (nSPS) is 20.2. The molecule has 1 rings (SSSR count). The number of likely N-dealkylation sites (tertiary alicyclic amines) is 1. The zero-order valence-electron chi connectivity index (χ0n) is 11.2. The van der Waals surface area contributed by atoms with Gasteiger partial charge in [0.05, 0.1) is 6.04 Å². The van der Waals surface area contributed by atoms with E-state index in [-0.39, 0.29) is 11.9 Å². The smallest absolute Gasteiger partial charge is 0.234 e. The minimum atomic E-state index is -0.228. The van der Waals surface area contributed by atoms with Gasteiger partial charge in [0.2, 0.25) is 5.91 Å². The van der Waals surface area contributed by atoms with Crippen LogP contribution in [0.25, 0.3) is 0 Å². The molecule has 100 valence electrons. The third-order valence-corrected chi connectivity index (χ3v) is 3.31. The molecule has 0 bridgehead atoms. The number of rotatable bonds is 6. The molecule has 0 aliphatic carbocycles. The molecular weight excluding hydrogens is 214 g/mol. The monoisotopic (exact) mass is 241 g/mol. The molecule has 1 saturated heterocycles. The van der Waals surface area contributed by atoms with Crippen LogP contribution in [0.3, 0.4) is 0 Å². The molecule has 4 heteroatoms. The predicted molar refractivity (Wildman–Crippen MR) is 70.8 cm³/mol. The number of hydrogen-bond donors (Lipinski definition) is 2. The van der Waals surface area contributed by atoms with Crippen LogP contribution in [0, 0.1) is 0 Å². The van der Waals surface area contributed by atoms with Crippen molar-refractivity contribution < 1.29 is 4.79 Å². The Morgan fingerprint density at radius 3 is 2.29 bits per heavy atom. The number of carbonyl (C=O) groups is 1. The van der Waals surface area contributed by atoms with Crippen molar-refractivity contribution in [2.75, 3.05) is 19.6 Å². The standard InChI is InChI=1S/C13H27N3O/c1-11(2)15-12(13(14)17)7-10-16-8-5-3-4-6-9-16/h11-12,15H,3-10H2,1-2H3,(H2,14,17). The molecule has 0 saturated carbocycles. The molecule has 0 aromatic rings. The number of carbonyl (C=O) groups excluding carboxylic acids is 1. The number of amides is 1. The van der Waals surface area contributed by atoms with Crippen molar-refractivity contribution >= 4 is 5.91 Å². The highest BCUT2D eigenvalue weighted by molar-refractivity contribution is 5.79. The van der Waals surface area contributed by atoms with Crippen molar-refractivity contribution in [3.63, 3.8) is 0 Å². The van der Waals surface area contributed by atoms with Crippen molar-refractivity contribution in [3.8, 4) is 0 Å². The zero-order valence-corrected chi connectivity index (χ0v) is 11.2. The molecule has 4 nitrogen and oxygen atoms in total. The van der Waals surface area contributed by atoms with Crippen LogP contribution >= 0.6 is 0 Å². The largest absolute Gasteiger partial charge is 0.368 e. The lowest BCUT2D eigenvalue weighted by atomic mass is 10.1. The summed E-state index contributed by atoms with van der Waals surface area (Å²) in [5, 5.41) is 3.23. The van der Waals surface area contributed by atoms with Gasteiger partial charge in [-0.2, -0.15) is 0 Å². The average molecular weight is 241 g/mol. The summed E-state index contributed by atoms with van der Waals surface area (Å²) in [6, 6.07) is 0.120. The molecule has 1 unspecified atom stereocenters. The van der Waals surface area contributed by atoms with Crippen molar-refractivity contribution in [2.45, 2.75) is 58.0 Å². The molecule has 1 aliphatic heterocycles. The first-order chi connectivity index (χ1) is 8.09. The maximum absolute atomic E-state index is 11.3. The minimum Gasteiger partial charge on any atom is -0.368 e. The van der Waals surface area contributed by atoms with Gasteiger partial charge < -0.3 is 16.0 Å². The lowest BCUT2D eigenvalue weighted by Gasteiger charge is -2.24. The number of primary amides is 1. The fourth-order valence-corrected chi connectivity index (χ4v) is 2.38. The van der Waals surface area contributed by atoms with E-state index in [1.54, 1.807) is 0 Å². The van der Waals surface area contributed by atoms with E-state index in [1.165, 1.54) is 38.8 Å². The van der Waals surface area contributed by atoms with Gasteiger partial charge >= 0.3 is 0 Å². The third kappa shape index (κ3) is 6.03. The van der Waals surface area contributed by atoms with Crippen molar-refractivity contribution in [2.24, 2.45) is 5.73 Å². The van der Waals surface area contributed by atoms with Crippen LogP contribution in [-0.2, 0) is 4.79 Å². The number of nitrogens with zero attached hydrogens (tertiary/aromatic N) is 1. The third-order valence-electron chi connectivity index (χ3n) is 3.31. The van der Waals surface area contributed by atoms with Gasteiger partial charge in [-0.25, -0.2) is 0 Å². The molecule has 1 amide bonds. The van der Waals surface area contributed by atoms with Crippen LogP contribution in [0.4, 0.5) is 0 Å². The van der Waals surface area contributed by atoms with Gasteiger partial charge in [0.1, 0.15) is 0 Å². The second-order valence-corrected chi connectivity index (χ2v) is 5.32. The highest BCUT2D eigenvalue weighted by Gasteiger charge is 2.17. The van der Waals surface area contributed by atoms with E-state index < -0.39 is 0 Å². The van der Waals surface area contributed by atoms with Gasteiger partial charge in [0.15, 0.2) is 0 Å². The Morgan fingerprint density at radius 1 is 1.24 bits per heavy atom. The van der Waals surface area contributed by atoms with Gasteiger partial charge in [-0.05, 0) is 32.4 Å². The first kappa shape index (κ1) is 14.5. The second kappa shape index (κ2) is 7.67. The quantitative estimate of drug-likeness (QED) is 0.732. The minimum absolute atomic E-state index is 0.182. The van der Waals surface area contributed by atoms with E-state index in [1.807, 2.05) is 13.8 Å². The molecule has 1 fully saturated rings. The molecule has 1 atom stereocenters. The molecule has 1 heterocycles. The van der Waals surface area contributed by atoms with Crippen LogP contribution in [0.2, 0.25) is 0 Å². The number of nitrogens with one attached hydrogen (secondary N) is 1. The summed E-state index contributed by atoms with van der Waals surface area (Å²) in [6.45, 7) is 7.41. The number of hydrogen-bond acceptors (Lipinski definition) is 3. The summed E-state index contributed by atoms with van der Waals surface area (Å²) in [6.07, 6.45) is 6.10. The molecule has 1 aliphatic rings. The Bertz CT molecular complexity index is 223. The first-order valence-corrected chi connectivity index (χ1v) is 6.87. The molecule has 0 radical (unpaired) electrons. The Morgan fingerprint density at radius 2 is 1.82 bits per heavy atom. The van der Waals surface area contributed by atoms with Crippen molar-refractivity contribution in [1.29, 1.82) is 0 Å². The van der Waals surface area contributed by atoms with Gasteiger partial charge in [-0.3, -0.25) is 4.79 Å². The van der Waals surface area contributed by atoms with Crippen molar-refractivity contribution in [3.05, 3.63) is 0 Å². The molecule has 0 aromatic carbocycles. The summed E-state index contributed by atoms with van der Waals surface area (Å²) in [5.41, 5.74) is 5.41. The first-order valence-electron chi connectivity index (χ1n) is 6.87. The topological polar surface area (TPSA) is 58.4 Å². The van der Waals surface area contributed by atoms with Gasteiger partial charge in [-0.1, -0.05) is 26.7 Å². The molecule has 3 N–H and O–H groups in total. The van der Waals surface area contributed by atoms with E-state index in [0.717, 1.165) is 13.0 Å². The molecular formula is C13H27N3O. The Kier molecular flexibility index (Phi) is 6.52. The van der Waals surface area contributed by atoms with E-state index in [9.17, 15) is 4.79 Å². The van der Waals surface area contributed by atoms with Gasteiger partial charge in [-0.15, -0.1) is 0 Å². The van der Waals surface area contributed by atoms with E-state index in [0.29, 0.717) is 6.04 Å². The van der Waals surface area contributed by atoms with Crippen LogP contribution < -0.4 is 11.1 Å². The Hall–Kier alpha value is -0.610. The zero-order chi connectivity index (χ0) is 12.7. The van der Waals surface area contributed by atoms with Crippen molar-refractivity contribution in [1.82, 2.24) is 10.2 Å². The highest BCUT2D eigenvalue weighted by Crippen LogP contribution is 2.10. The fourth-order valence-electron chi connectivity index (χ4n) is 2.38. The lowest BCUT2D eigenvalue weighted by Crippen LogP contribution is -2.46. The molecule has 0 aromatic heterocycles. The maximum Gasteiger partial charge on any atom is 0.234 e. The van der Waals surface area contributed by atoms with E-state index in [4.69, 9.17) is 5.73 Å². The second-order valence-electron chi connectivity index (χ2n) is 5.32. The SMILES string of the molecule is CC(C)NC(CCN1CCCCCC1)C(N)=O. The summed E-state index contributed by atoms with van der Waals surface area (Å²) in [7, 11) is 0. The summed E-state index contributed by atoms with van der Waals surface area (Å²) in [4.78, 5) is 13.8. The maximum atomic E-state index is 11.3. The Labute approximate surface area is 105 Å². The Balaban J connectivity index is 2.31. The van der Waals surface area contributed by atoms with Gasteiger partial charge in [0, 0.05) is 12.6 Å². The van der Waals surface area contributed by atoms with E-state index >= 15 is 0 Å². The predicted octanol–water partition coefficient (Wildman–Crippen LogP) is 1.10. The van der Waals surface area contributed by atoms with Gasteiger partial charge in [0.25, 0.3) is 0 Å². The van der Waals surface area contributed by atoms with Crippen LogP contribution in [-0.4, -0.2) is 42.5 Å². The molecule has 17 heavy (non-hydrogen) atoms. The summed E-state index contributed by atoms with van der Waals surface area (Å²) in [5.74, 6) is -0.228. The van der Waals surface area contributed by atoms with Crippen LogP contribution in [0.5, 0.6) is 0 Å². The highest BCUT2D eigenvalue weighted by atomic mass is 16.1. The average Bonchev–Trinajstić information content (AvgIpc) is 2.51. The van der Waals surface area contributed by atoms with Crippen LogP contribution in [0.15, 0.2) is 0 Å².